The van der Waals surface area contributed by atoms with E-state index in [0.29, 0.717) is 0 Å². The number of halogens is 1. The van der Waals surface area contributed by atoms with Crippen molar-refractivity contribution in [2.24, 2.45) is 7.05 Å². The fraction of sp³-hybridized carbons (Fsp3) is 0.375. The van der Waals surface area contributed by atoms with Crippen molar-refractivity contribution in [1.82, 2.24) is 4.98 Å². The first-order valence-electron chi connectivity index (χ1n) is 6.43. The highest BCUT2D eigenvalue weighted by atomic mass is 19.1. The molecule has 0 aliphatic heterocycles. The van der Waals surface area contributed by atoms with Crippen LogP contribution in [0.3, 0.4) is 0 Å². The minimum absolute atomic E-state index is 0.00303. The third-order valence-corrected chi connectivity index (χ3v) is 3.21. The van der Waals surface area contributed by atoms with Gasteiger partial charge >= 0.3 is 5.82 Å². The molecule has 2 aromatic rings. The molecule has 0 saturated carbocycles. The van der Waals surface area contributed by atoms with Gasteiger partial charge in [0, 0.05) is 11.5 Å². The normalized spacial score (nSPS) is 11.7. The zero-order chi connectivity index (χ0) is 14.2. The molecule has 0 N–H and O–H groups in total. The second kappa shape index (κ2) is 4.72. The first kappa shape index (κ1) is 13.7. The maximum atomic E-state index is 13.2. The quantitative estimate of drug-likeness (QED) is 0.718. The fourth-order valence-corrected chi connectivity index (χ4v) is 2.03. The summed E-state index contributed by atoms with van der Waals surface area (Å²) in [6.07, 6.45) is 2.01. The zero-order valence-electron chi connectivity index (χ0n) is 12.2. The molecule has 0 spiro atoms. The van der Waals surface area contributed by atoms with Gasteiger partial charge in [0.25, 0.3) is 0 Å². The Balaban J connectivity index is 2.61. The number of aromatic nitrogens is 2. The van der Waals surface area contributed by atoms with Crippen molar-refractivity contribution in [1.29, 1.82) is 0 Å². The largest absolute Gasteiger partial charge is 0.330 e. The van der Waals surface area contributed by atoms with E-state index in [0.717, 1.165) is 22.6 Å². The van der Waals surface area contributed by atoms with Crippen molar-refractivity contribution in [2.45, 2.75) is 33.1 Å². The summed E-state index contributed by atoms with van der Waals surface area (Å²) in [6.45, 7) is 8.31. The average Bonchev–Trinajstić information content (AvgIpc) is 2.29. The third-order valence-electron chi connectivity index (χ3n) is 3.21. The molecule has 1 aromatic carbocycles. The Bertz CT molecular complexity index is 613. The molecular formula is C16H20FN2+. The molecule has 0 bridgehead atoms. The van der Waals surface area contributed by atoms with Crippen molar-refractivity contribution in [3.8, 4) is 11.4 Å². The summed E-state index contributed by atoms with van der Waals surface area (Å²) in [6, 6.07) is 6.84. The molecule has 0 aliphatic rings. The van der Waals surface area contributed by atoms with E-state index in [1.54, 1.807) is 12.1 Å². The van der Waals surface area contributed by atoms with Crippen LogP contribution in [-0.4, -0.2) is 4.98 Å². The van der Waals surface area contributed by atoms with E-state index in [9.17, 15) is 4.39 Å². The van der Waals surface area contributed by atoms with E-state index < -0.39 is 0 Å². The molecular weight excluding hydrogens is 239 g/mol. The molecule has 2 nitrogen and oxygen atoms in total. The lowest BCUT2D eigenvalue weighted by Crippen LogP contribution is -2.33. The number of hydrogen-bond donors (Lipinski definition) is 0. The van der Waals surface area contributed by atoms with Crippen LogP contribution in [0.25, 0.3) is 11.4 Å². The van der Waals surface area contributed by atoms with Crippen LogP contribution in [-0.2, 0) is 12.5 Å². The van der Waals surface area contributed by atoms with Gasteiger partial charge < -0.3 is 0 Å². The van der Waals surface area contributed by atoms with Gasteiger partial charge in [0.15, 0.2) is 5.69 Å². The summed E-state index contributed by atoms with van der Waals surface area (Å²) in [5.41, 5.74) is 2.89. The summed E-state index contributed by atoms with van der Waals surface area (Å²) >= 11 is 0. The van der Waals surface area contributed by atoms with E-state index in [4.69, 9.17) is 4.98 Å². The number of hydrogen-bond acceptors (Lipinski definition) is 1. The first-order valence-corrected chi connectivity index (χ1v) is 6.43. The lowest BCUT2D eigenvalue weighted by molar-refractivity contribution is -0.663. The Morgan fingerprint density at radius 2 is 1.84 bits per heavy atom. The smallest absolute Gasteiger partial charge is 0.233 e. The molecule has 0 atom stereocenters. The van der Waals surface area contributed by atoms with Crippen molar-refractivity contribution in [3.63, 3.8) is 0 Å². The van der Waals surface area contributed by atoms with Gasteiger partial charge in [-0.25, -0.2) is 8.96 Å². The van der Waals surface area contributed by atoms with Gasteiger partial charge in [-0.2, -0.15) is 0 Å². The number of benzene rings is 1. The minimum Gasteiger partial charge on any atom is -0.233 e. The molecule has 3 heteroatoms. The Hall–Kier alpha value is -1.77. The van der Waals surface area contributed by atoms with Gasteiger partial charge in [0.2, 0.25) is 0 Å². The van der Waals surface area contributed by atoms with Crippen LogP contribution in [0.5, 0.6) is 0 Å². The van der Waals surface area contributed by atoms with Crippen LogP contribution in [0, 0.1) is 12.7 Å². The van der Waals surface area contributed by atoms with Crippen LogP contribution in [0.15, 0.2) is 30.5 Å². The number of rotatable bonds is 1. The van der Waals surface area contributed by atoms with E-state index in [-0.39, 0.29) is 11.2 Å². The molecule has 0 radical (unpaired) electrons. The molecule has 0 fully saturated rings. The van der Waals surface area contributed by atoms with Gasteiger partial charge in [-0.1, -0.05) is 20.8 Å². The van der Waals surface area contributed by atoms with Crippen molar-refractivity contribution < 1.29 is 8.96 Å². The van der Waals surface area contributed by atoms with Gasteiger partial charge in [-0.3, -0.25) is 0 Å². The summed E-state index contributed by atoms with van der Waals surface area (Å²) in [4.78, 5) is 4.74. The molecule has 100 valence electrons. The second-order valence-corrected chi connectivity index (χ2v) is 5.96. The Labute approximate surface area is 113 Å². The molecule has 0 saturated heterocycles. The summed E-state index contributed by atoms with van der Waals surface area (Å²) in [5, 5.41) is 0. The molecule has 19 heavy (non-hydrogen) atoms. The summed E-state index contributed by atoms with van der Waals surface area (Å²) in [5.74, 6) is 0.654. The van der Waals surface area contributed by atoms with Crippen LogP contribution in [0.2, 0.25) is 0 Å². The van der Waals surface area contributed by atoms with E-state index >= 15 is 0 Å². The Morgan fingerprint density at radius 1 is 1.16 bits per heavy atom. The monoisotopic (exact) mass is 259 g/mol. The number of nitrogens with zero attached hydrogens (tertiary/aromatic N) is 2. The molecule has 1 heterocycles. The van der Waals surface area contributed by atoms with E-state index in [1.165, 1.54) is 6.07 Å². The Kier molecular flexibility index (Phi) is 3.40. The molecule has 1 aromatic heterocycles. The van der Waals surface area contributed by atoms with E-state index in [1.807, 2.05) is 30.8 Å². The van der Waals surface area contributed by atoms with Gasteiger partial charge in [0.1, 0.15) is 5.82 Å². The lowest BCUT2D eigenvalue weighted by atomic mass is 9.92. The van der Waals surface area contributed by atoms with Gasteiger partial charge in [-0.05, 0) is 35.7 Å². The predicted molar refractivity (Wildman–Crippen MR) is 74.2 cm³/mol. The highest BCUT2D eigenvalue weighted by molar-refractivity contribution is 5.57. The maximum Gasteiger partial charge on any atom is 0.330 e. The summed E-state index contributed by atoms with van der Waals surface area (Å²) in [7, 11) is 1.96. The molecule has 0 aliphatic carbocycles. The van der Waals surface area contributed by atoms with Crippen molar-refractivity contribution in [3.05, 3.63) is 47.5 Å². The van der Waals surface area contributed by atoms with Gasteiger partial charge in [-0.15, -0.1) is 0 Å². The Morgan fingerprint density at radius 3 is 2.42 bits per heavy atom. The van der Waals surface area contributed by atoms with Crippen LogP contribution in [0.1, 0.15) is 32.0 Å². The van der Waals surface area contributed by atoms with Crippen LogP contribution < -0.4 is 4.57 Å². The first-order chi connectivity index (χ1) is 8.79. The standard InChI is InChI=1S/C16H20FN2/c1-11-10-12(17)6-7-13(11)15-18-14(16(2,3)4)8-9-19(15)5/h6-10H,1-5H3/q+1. The fourth-order valence-electron chi connectivity index (χ4n) is 2.03. The lowest BCUT2D eigenvalue weighted by Gasteiger charge is -2.14. The average molecular weight is 259 g/mol. The SMILES string of the molecule is Cc1cc(F)ccc1-c1nc(C(C)(C)C)cc[n+]1C. The predicted octanol–water partition coefficient (Wildman–Crippen LogP) is 3.32. The summed E-state index contributed by atoms with van der Waals surface area (Å²) < 4.78 is 15.2. The topological polar surface area (TPSA) is 16.8 Å². The molecule has 0 unspecified atom stereocenters. The second-order valence-electron chi connectivity index (χ2n) is 5.96. The molecule has 0 amide bonds. The third kappa shape index (κ3) is 2.80. The van der Waals surface area contributed by atoms with Crippen LogP contribution >= 0.6 is 0 Å². The zero-order valence-corrected chi connectivity index (χ0v) is 12.2. The van der Waals surface area contributed by atoms with E-state index in [2.05, 4.69) is 20.8 Å². The number of aryl methyl sites for hydroxylation is 2. The van der Waals surface area contributed by atoms with Gasteiger partial charge in [0.05, 0.1) is 18.8 Å². The minimum atomic E-state index is -0.212. The highest BCUT2D eigenvalue weighted by Gasteiger charge is 2.24. The van der Waals surface area contributed by atoms with Crippen LogP contribution in [0.4, 0.5) is 4.39 Å². The van der Waals surface area contributed by atoms with Crippen molar-refractivity contribution >= 4 is 0 Å². The highest BCUT2D eigenvalue weighted by Crippen LogP contribution is 2.24. The van der Waals surface area contributed by atoms with Crippen molar-refractivity contribution in [2.75, 3.05) is 0 Å². The molecule has 2 rings (SSSR count). The maximum absolute atomic E-state index is 13.2.